The molecule has 0 aliphatic heterocycles. The molecule has 0 saturated carbocycles. The van der Waals surface area contributed by atoms with Gasteiger partial charge in [0.2, 0.25) is 0 Å². The van der Waals surface area contributed by atoms with Crippen molar-refractivity contribution in [3.63, 3.8) is 0 Å². The van der Waals surface area contributed by atoms with Crippen LogP contribution in [0.15, 0.2) is 164 Å². The van der Waals surface area contributed by atoms with E-state index in [0.717, 1.165) is 33.7 Å². The lowest BCUT2D eigenvalue weighted by Gasteiger charge is -2.18. The highest BCUT2D eigenvalue weighted by Gasteiger charge is 2.19. The molecule has 0 unspecified atom stereocenters. The van der Waals surface area contributed by atoms with E-state index in [1.54, 1.807) is 0 Å². The van der Waals surface area contributed by atoms with Crippen LogP contribution in [0.4, 0.5) is 0 Å². The zero-order valence-corrected chi connectivity index (χ0v) is 24.4. The van der Waals surface area contributed by atoms with Crippen molar-refractivity contribution in [2.75, 3.05) is 0 Å². The SMILES string of the molecule is c1ccc(-c2nc3ccc(-c4c5ccccc5c(-c5ccc6ccccc6c5)c5ccccc45)cc3n2-c2ccncc2)cc1. The van der Waals surface area contributed by atoms with Crippen LogP contribution in [0.1, 0.15) is 0 Å². The number of aromatic nitrogens is 3. The van der Waals surface area contributed by atoms with E-state index in [-0.39, 0.29) is 0 Å². The fraction of sp³-hybridized carbons (Fsp3) is 0. The smallest absolute Gasteiger partial charge is 0.145 e. The summed E-state index contributed by atoms with van der Waals surface area (Å²) >= 11 is 0. The molecule has 0 atom stereocenters. The second kappa shape index (κ2) is 10.3. The van der Waals surface area contributed by atoms with Gasteiger partial charge in [0.1, 0.15) is 5.82 Å². The number of nitrogens with zero attached hydrogens (tertiary/aromatic N) is 3. The Balaban J connectivity index is 1.35. The molecule has 0 N–H and O–H groups in total. The second-order valence-electron chi connectivity index (χ2n) is 11.4. The largest absolute Gasteiger partial charge is 0.292 e. The average Bonchev–Trinajstić information content (AvgIpc) is 3.50. The molecule has 0 aliphatic rings. The summed E-state index contributed by atoms with van der Waals surface area (Å²) in [5.41, 5.74) is 9.01. The van der Waals surface area contributed by atoms with Crippen LogP contribution in [0.5, 0.6) is 0 Å². The van der Waals surface area contributed by atoms with Gasteiger partial charge in [0, 0.05) is 18.0 Å². The van der Waals surface area contributed by atoms with Gasteiger partial charge in [0.05, 0.1) is 16.7 Å². The Kier molecular flexibility index (Phi) is 5.82. The summed E-state index contributed by atoms with van der Waals surface area (Å²) in [5, 5.41) is 7.45. The van der Waals surface area contributed by atoms with Gasteiger partial charge in [-0.15, -0.1) is 0 Å². The lowest BCUT2D eigenvalue weighted by atomic mass is 9.85. The Labute approximate surface area is 260 Å². The zero-order valence-electron chi connectivity index (χ0n) is 24.4. The van der Waals surface area contributed by atoms with Crippen molar-refractivity contribution >= 4 is 43.4 Å². The lowest BCUT2D eigenvalue weighted by Crippen LogP contribution is -1.98. The molecule has 0 bridgehead atoms. The second-order valence-corrected chi connectivity index (χ2v) is 11.4. The molecule has 9 rings (SSSR count). The van der Waals surface area contributed by atoms with Crippen LogP contribution in [-0.2, 0) is 0 Å². The van der Waals surface area contributed by atoms with E-state index in [1.807, 2.05) is 30.6 Å². The van der Waals surface area contributed by atoms with Crippen molar-refractivity contribution in [1.29, 1.82) is 0 Å². The Morgan fingerprint density at radius 2 is 0.978 bits per heavy atom. The molecule has 0 saturated heterocycles. The minimum Gasteiger partial charge on any atom is -0.292 e. The van der Waals surface area contributed by atoms with Gasteiger partial charge in [-0.2, -0.15) is 0 Å². The summed E-state index contributed by atoms with van der Waals surface area (Å²) in [5.74, 6) is 0.912. The average molecular weight is 574 g/mol. The maximum absolute atomic E-state index is 5.14. The molecule has 0 aliphatic carbocycles. The van der Waals surface area contributed by atoms with Gasteiger partial charge in [0.15, 0.2) is 0 Å². The minimum atomic E-state index is 0.912. The van der Waals surface area contributed by atoms with Crippen LogP contribution in [0, 0.1) is 0 Å². The van der Waals surface area contributed by atoms with Crippen LogP contribution in [0.25, 0.3) is 82.7 Å². The Bertz CT molecular complexity index is 2470. The Hall–Kier alpha value is -6.06. The maximum atomic E-state index is 5.14. The first-order valence-corrected chi connectivity index (χ1v) is 15.2. The molecule has 0 spiro atoms. The first-order valence-electron chi connectivity index (χ1n) is 15.2. The normalized spacial score (nSPS) is 11.6. The van der Waals surface area contributed by atoms with Gasteiger partial charge >= 0.3 is 0 Å². The maximum Gasteiger partial charge on any atom is 0.145 e. The van der Waals surface area contributed by atoms with E-state index in [4.69, 9.17) is 4.98 Å². The monoisotopic (exact) mass is 573 g/mol. The topological polar surface area (TPSA) is 30.7 Å². The molecule has 0 fully saturated rings. The van der Waals surface area contributed by atoms with Gasteiger partial charge in [0.25, 0.3) is 0 Å². The van der Waals surface area contributed by atoms with Crippen LogP contribution in [-0.4, -0.2) is 14.5 Å². The summed E-state index contributed by atoms with van der Waals surface area (Å²) in [6.07, 6.45) is 3.68. The first-order chi connectivity index (χ1) is 22.3. The molecule has 3 nitrogen and oxygen atoms in total. The molecule has 210 valence electrons. The summed E-state index contributed by atoms with van der Waals surface area (Å²) in [4.78, 5) is 9.43. The van der Waals surface area contributed by atoms with E-state index in [1.165, 1.54) is 49.0 Å². The molecule has 3 heteroatoms. The Morgan fingerprint density at radius 3 is 1.64 bits per heavy atom. The number of benzene rings is 7. The van der Waals surface area contributed by atoms with E-state index in [9.17, 15) is 0 Å². The summed E-state index contributed by atoms with van der Waals surface area (Å²) in [6, 6.07) is 54.3. The van der Waals surface area contributed by atoms with Crippen molar-refractivity contribution in [3.8, 4) is 39.3 Å². The summed E-state index contributed by atoms with van der Waals surface area (Å²) < 4.78 is 2.25. The van der Waals surface area contributed by atoms with E-state index < -0.39 is 0 Å². The molecule has 2 heterocycles. The van der Waals surface area contributed by atoms with Crippen molar-refractivity contribution in [2.45, 2.75) is 0 Å². The summed E-state index contributed by atoms with van der Waals surface area (Å²) in [6.45, 7) is 0. The zero-order chi connectivity index (χ0) is 29.7. The number of imidazole rings is 1. The van der Waals surface area contributed by atoms with Crippen LogP contribution in [0.2, 0.25) is 0 Å². The Morgan fingerprint density at radius 1 is 0.422 bits per heavy atom. The fourth-order valence-electron chi connectivity index (χ4n) is 6.86. The quantitative estimate of drug-likeness (QED) is 0.196. The van der Waals surface area contributed by atoms with Crippen LogP contribution in [0.3, 0.4) is 0 Å². The molecule has 0 amide bonds. The molecule has 7 aromatic carbocycles. The molecule has 0 radical (unpaired) electrons. The lowest BCUT2D eigenvalue weighted by molar-refractivity contribution is 1.09. The standard InChI is InChI=1S/C42H27N3/c1-2-11-29(12-3-1)42-44-38-21-20-32(27-39(38)45(42)33-22-24-43-25-23-33)41-36-16-8-6-14-34(36)40(35-15-7-9-17-37(35)41)31-19-18-28-10-4-5-13-30(28)26-31/h1-27H. The third kappa shape index (κ3) is 4.13. The fourth-order valence-corrected chi connectivity index (χ4v) is 6.86. The van der Waals surface area contributed by atoms with Crippen LogP contribution < -0.4 is 0 Å². The van der Waals surface area contributed by atoms with Gasteiger partial charge in [-0.25, -0.2) is 4.98 Å². The first kappa shape index (κ1) is 25.4. The van der Waals surface area contributed by atoms with E-state index >= 15 is 0 Å². The van der Waals surface area contributed by atoms with Crippen molar-refractivity contribution in [3.05, 3.63) is 164 Å². The molecule has 2 aromatic heterocycles. The number of rotatable bonds is 4. The van der Waals surface area contributed by atoms with Crippen LogP contribution >= 0.6 is 0 Å². The predicted octanol–water partition coefficient (Wildman–Crippen LogP) is 10.9. The predicted molar refractivity (Wildman–Crippen MR) is 188 cm³/mol. The van der Waals surface area contributed by atoms with Gasteiger partial charge < -0.3 is 0 Å². The van der Waals surface area contributed by atoms with Gasteiger partial charge in [-0.3, -0.25) is 9.55 Å². The van der Waals surface area contributed by atoms with Crippen molar-refractivity contribution in [1.82, 2.24) is 14.5 Å². The summed E-state index contributed by atoms with van der Waals surface area (Å²) in [7, 11) is 0. The third-order valence-corrected chi connectivity index (χ3v) is 8.87. The van der Waals surface area contributed by atoms with E-state index in [0.29, 0.717) is 0 Å². The number of hydrogen-bond acceptors (Lipinski definition) is 2. The third-order valence-electron chi connectivity index (χ3n) is 8.87. The number of pyridine rings is 1. The highest BCUT2D eigenvalue weighted by Crippen LogP contribution is 2.44. The minimum absolute atomic E-state index is 0.912. The number of hydrogen-bond donors (Lipinski definition) is 0. The molecule has 45 heavy (non-hydrogen) atoms. The van der Waals surface area contributed by atoms with Gasteiger partial charge in [-0.1, -0.05) is 121 Å². The highest BCUT2D eigenvalue weighted by atomic mass is 15.1. The molecule has 9 aromatic rings. The molecular formula is C42H27N3. The van der Waals surface area contributed by atoms with Crippen molar-refractivity contribution in [2.24, 2.45) is 0 Å². The highest BCUT2D eigenvalue weighted by molar-refractivity contribution is 6.22. The van der Waals surface area contributed by atoms with Gasteiger partial charge in [-0.05, 0) is 84.9 Å². The molecular weight excluding hydrogens is 546 g/mol. The van der Waals surface area contributed by atoms with E-state index in [2.05, 4.69) is 143 Å². The van der Waals surface area contributed by atoms with Crippen molar-refractivity contribution < 1.29 is 0 Å². The number of fused-ring (bicyclic) bond motifs is 4.